The molecule has 0 bridgehead atoms. The Labute approximate surface area is 173 Å². The number of carbonyl (C=O) groups is 1. The number of hydrogen-bond donors (Lipinski definition) is 1. The van der Waals surface area contributed by atoms with Gasteiger partial charge in [-0.1, -0.05) is 30.3 Å². The van der Waals surface area contributed by atoms with E-state index < -0.39 is 0 Å². The van der Waals surface area contributed by atoms with E-state index in [-0.39, 0.29) is 24.1 Å². The SMILES string of the molecule is COCCn1c(C(C)NC(=O)Cn2ncc3ccccc3c2=O)nc2ccccc21. The Bertz CT molecular complexity index is 1260. The molecule has 4 aromatic rings. The minimum atomic E-state index is -0.349. The lowest BCUT2D eigenvalue weighted by Crippen LogP contribution is -2.35. The van der Waals surface area contributed by atoms with Crippen LogP contribution in [0, 0.1) is 0 Å². The largest absolute Gasteiger partial charge is 0.383 e. The number of fused-ring (bicyclic) bond motifs is 2. The third-order valence-corrected chi connectivity index (χ3v) is 5.02. The molecule has 0 aliphatic rings. The van der Waals surface area contributed by atoms with Crippen molar-refractivity contribution < 1.29 is 9.53 Å². The molecule has 1 atom stereocenters. The lowest BCUT2D eigenvalue weighted by Gasteiger charge is -2.16. The first-order chi connectivity index (χ1) is 14.6. The summed E-state index contributed by atoms with van der Waals surface area (Å²) in [6, 6.07) is 14.7. The molecule has 2 aromatic heterocycles. The van der Waals surface area contributed by atoms with Crippen LogP contribution in [0.2, 0.25) is 0 Å². The Kier molecular flexibility index (Phi) is 5.58. The summed E-state index contributed by atoms with van der Waals surface area (Å²) in [7, 11) is 1.65. The van der Waals surface area contributed by atoms with Crippen molar-refractivity contribution in [3.05, 3.63) is 70.9 Å². The van der Waals surface area contributed by atoms with Gasteiger partial charge >= 0.3 is 0 Å². The summed E-state index contributed by atoms with van der Waals surface area (Å²) < 4.78 is 8.45. The fourth-order valence-corrected chi connectivity index (χ4v) is 3.57. The molecule has 1 amide bonds. The molecule has 0 aliphatic carbocycles. The molecule has 1 unspecified atom stereocenters. The van der Waals surface area contributed by atoms with Crippen LogP contribution in [-0.4, -0.2) is 39.0 Å². The average Bonchev–Trinajstić information content (AvgIpc) is 3.13. The smallest absolute Gasteiger partial charge is 0.275 e. The summed E-state index contributed by atoms with van der Waals surface area (Å²) in [6.07, 6.45) is 1.59. The van der Waals surface area contributed by atoms with E-state index in [1.54, 1.807) is 25.4 Å². The van der Waals surface area contributed by atoms with Crippen LogP contribution in [0.5, 0.6) is 0 Å². The van der Waals surface area contributed by atoms with Crippen molar-refractivity contribution in [1.29, 1.82) is 0 Å². The number of carbonyl (C=O) groups excluding carboxylic acids is 1. The highest BCUT2D eigenvalue weighted by Gasteiger charge is 2.19. The first-order valence-corrected chi connectivity index (χ1v) is 9.77. The maximum atomic E-state index is 12.7. The van der Waals surface area contributed by atoms with Gasteiger partial charge in [0.2, 0.25) is 5.91 Å². The molecule has 30 heavy (non-hydrogen) atoms. The minimum Gasteiger partial charge on any atom is -0.383 e. The molecular formula is C22H23N5O3. The van der Waals surface area contributed by atoms with Gasteiger partial charge in [0.15, 0.2) is 0 Å². The Morgan fingerprint density at radius 2 is 1.93 bits per heavy atom. The number of para-hydroxylation sites is 2. The molecule has 154 valence electrons. The van der Waals surface area contributed by atoms with Crippen molar-refractivity contribution in [3.63, 3.8) is 0 Å². The van der Waals surface area contributed by atoms with E-state index >= 15 is 0 Å². The number of amides is 1. The van der Waals surface area contributed by atoms with Crippen LogP contribution >= 0.6 is 0 Å². The Morgan fingerprint density at radius 1 is 1.17 bits per heavy atom. The summed E-state index contributed by atoms with van der Waals surface area (Å²) in [5.41, 5.74) is 1.55. The summed E-state index contributed by atoms with van der Waals surface area (Å²) in [5.74, 6) is 0.429. The Balaban J connectivity index is 1.55. The number of aromatic nitrogens is 4. The molecule has 0 radical (unpaired) electrons. The zero-order valence-corrected chi connectivity index (χ0v) is 16.9. The van der Waals surface area contributed by atoms with Gasteiger partial charge in [-0.3, -0.25) is 9.59 Å². The van der Waals surface area contributed by atoms with E-state index in [1.165, 1.54) is 4.68 Å². The van der Waals surface area contributed by atoms with Gasteiger partial charge in [0.1, 0.15) is 12.4 Å². The second-order valence-corrected chi connectivity index (χ2v) is 7.09. The van der Waals surface area contributed by atoms with Crippen molar-refractivity contribution in [2.75, 3.05) is 13.7 Å². The molecule has 4 rings (SSSR count). The second kappa shape index (κ2) is 8.46. The van der Waals surface area contributed by atoms with Gasteiger partial charge < -0.3 is 14.6 Å². The molecule has 0 fully saturated rings. The molecular weight excluding hydrogens is 382 g/mol. The van der Waals surface area contributed by atoms with Crippen LogP contribution in [0.25, 0.3) is 21.8 Å². The lowest BCUT2D eigenvalue weighted by molar-refractivity contribution is -0.122. The lowest BCUT2D eigenvalue weighted by atomic mass is 10.2. The summed E-state index contributed by atoms with van der Waals surface area (Å²) in [5, 5.41) is 8.35. The molecule has 2 heterocycles. The van der Waals surface area contributed by atoms with Gasteiger partial charge in [-0.05, 0) is 25.1 Å². The number of ether oxygens (including phenoxy) is 1. The fourth-order valence-electron chi connectivity index (χ4n) is 3.57. The van der Waals surface area contributed by atoms with E-state index in [0.29, 0.717) is 18.5 Å². The average molecular weight is 405 g/mol. The predicted octanol–water partition coefficient (Wildman–Crippen LogP) is 2.27. The number of nitrogens with one attached hydrogen (secondary N) is 1. The highest BCUT2D eigenvalue weighted by Crippen LogP contribution is 2.20. The topological polar surface area (TPSA) is 91.0 Å². The number of benzene rings is 2. The molecule has 0 spiro atoms. The minimum absolute atomic E-state index is 0.160. The van der Waals surface area contributed by atoms with Crippen LogP contribution < -0.4 is 10.9 Å². The highest BCUT2D eigenvalue weighted by atomic mass is 16.5. The van der Waals surface area contributed by atoms with E-state index in [1.807, 2.05) is 47.9 Å². The van der Waals surface area contributed by atoms with Crippen LogP contribution in [0.1, 0.15) is 18.8 Å². The Hall–Kier alpha value is -3.52. The zero-order chi connectivity index (χ0) is 21.1. The first-order valence-electron chi connectivity index (χ1n) is 9.77. The molecule has 1 N–H and O–H groups in total. The number of imidazole rings is 1. The van der Waals surface area contributed by atoms with Crippen LogP contribution in [0.15, 0.2) is 59.5 Å². The monoisotopic (exact) mass is 405 g/mol. The van der Waals surface area contributed by atoms with E-state index in [2.05, 4.69) is 10.4 Å². The van der Waals surface area contributed by atoms with Gasteiger partial charge in [0.05, 0.1) is 35.3 Å². The number of hydrogen-bond acceptors (Lipinski definition) is 5. The molecule has 0 saturated carbocycles. The van der Waals surface area contributed by atoms with Crippen LogP contribution in [0.3, 0.4) is 0 Å². The second-order valence-electron chi connectivity index (χ2n) is 7.09. The number of rotatable bonds is 7. The van der Waals surface area contributed by atoms with Crippen LogP contribution in [0.4, 0.5) is 0 Å². The highest BCUT2D eigenvalue weighted by molar-refractivity contribution is 5.81. The van der Waals surface area contributed by atoms with E-state index in [9.17, 15) is 9.59 Å². The Morgan fingerprint density at radius 3 is 2.77 bits per heavy atom. The zero-order valence-electron chi connectivity index (χ0n) is 16.9. The maximum absolute atomic E-state index is 12.7. The molecule has 8 heteroatoms. The maximum Gasteiger partial charge on any atom is 0.275 e. The molecule has 0 aliphatic heterocycles. The molecule has 2 aromatic carbocycles. The van der Waals surface area contributed by atoms with Crippen molar-refractivity contribution >= 4 is 27.7 Å². The van der Waals surface area contributed by atoms with Crippen molar-refractivity contribution in [1.82, 2.24) is 24.6 Å². The van der Waals surface area contributed by atoms with Gasteiger partial charge in [-0.2, -0.15) is 5.10 Å². The van der Waals surface area contributed by atoms with Gasteiger partial charge in [0.25, 0.3) is 5.56 Å². The van der Waals surface area contributed by atoms with Crippen molar-refractivity contribution in [2.45, 2.75) is 26.1 Å². The summed E-state index contributed by atoms with van der Waals surface area (Å²) in [6.45, 7) is 2.87. The summed E-state index contributed by atoms with van der Waals surface area (Å²) in [4.78, 5) is 29.9. The van der Waals surface area contributed by atoms with Gasteiger partial charge in [-0.15, -0.1) is 0 Å². The van der Waals surface area contributed by atoms with E-state index in [4.69, 9.17) is 9.72 Å². The molecule has 8 nitrogen and oxygen atoms in total. The van der Waals surface area contributed by atoms with Gasteiger partial charge in [0, 0.05) is 19.0 Å². The fraction of sp³-hybridized carbons (Fsp3) is 0.273. The third kappa shape index (κ3) is 3.81. The van der Waals surface area contributed by atoms with E-state index in [0.717, 1.165) is 22.2 Å². The summed E-state index contributed by atoms with van der Waals surface area (Å²) >= 11 is 0. The predicted molar refractivity (Wildman–Crippen MR) is 114 cm³/mol. The quantitative estimate of drug-likeness (QED) is 0.509. The van der Waals surface area contributed by atoms with Crippen LogP contribution in [-0.2, 0) is 22.6 Å². The first kappa shape index (κ1) is 19.8. The number of nitrogens with zero attached hydrogens (tertiary/aromatic N) is 4. The van der Waals surface area contributed by atoms with Crippen molar-refractivity contribution in [2.24, 2.45) is 0 Å². The third-order valence-electron chi connectivity index (χ3n) is 5.02. The van der Waals surface area contributed by atoms with Crippen molar-refractivity contribution in [3.8, 4) is 0 Å². The number of methoxy groups -OCH3 is 1. The molecule has 0 saturated heterocycles. The normalized spacial score (nSPS) is 12.3. The van der Waals surface area contributed by atoms with Gasteiger partial charge in [-0.25, -0.2) is 9.67 Å². The standard InChI is InChI=1S/C22H23N5O3/c1-15(21-25-18-9-5-6-10-19(18)26(21)11-12-30-2)24-20(28)14-27-22(29)17-8-4-3-7-16(17)13-23-27/h3-10,13,15H,11-12,14H2,1-2H3,(H,24,28).